The Balaban J connectivity index is 1.64. The SMILES string of the molecule is CC(C)C(CC(=O)NC(C)(C(=O)O)C(F)(F)F)NC(=O)OCC1c2ccccc2-c2ccccc21. The topological polar surface area (TPSA) is 105 Å². The Morgan fingerprint density at radius 1 is 1.00 bits per heavy atom. The van der Waals surface area contributed by atoms with Crippen LogP contribution in [0.1, 0.15) is 44.2 Å². The molecule has 35 heavy (non-hydrogen) atoms. The van der Waals surface area contributed by atoms with Gasteiger partial charge < -0.3 is 20.5 Å². The van der Waals surface area contributed by atoms with Crippen LogP contribution in [0.2, 0.25) is 0 Å². The Hall–Kier alpha value is -3.56. The third-order valence-corrected chi connectivity index (χ3v) is 6.24. The minimum atomic E-state index is -5.21. The van der Waals surface area contributed by atoms with Crippen LogP contribution in [-0.2, 0) is 14.3 Å². The summed E-state index contributed by atoms with van der Waals surface area (Å²) in [7, 11) is 0. The van der Waals surface area contributed by atoms with E-state index in [-0.39, 0.29) is 18.4 Å². The first kappa shape index (κ1) is 26.1. The average Bonchev–Trinajstić information content (AvgIpc) is 3.10. The van der Waals surface area contributed by atoms with Gasteiger partial charge in [0, 0.05) is 18.4 Å². The third-order valence-electron chi connectivity index (χ3n) is 6.24. The Bertz CT molecular complexity index is 1070. The Kier molecular flexibility index (Phi) is 7.42. The first-order valence-electron chi connectivity index (χ1n) is 11.1. The van der Waals surface area contributed by atoms with E-state index in [2.05, 4.69) is 5.32 Å². The molecule has 1 aliphatic carbocycles. The molecule has 0 saturated carbocycles. The van der Waals surface area contributed by atoms with Crippen LogP contribution in [0.15, 0.2) is 48.5 Å². The van der Waals surface area contributed by atoms with E-state index in [0.717, 1.165) is 22.3 Å². The van der Waals surface area contributed by atoms with Crippen LogP contribution < -0.4 is 10.6 Å². The van der Waals surface area contributed by atoms with Gasteiger partial charge in [-0.25, -0.2) is 9.59 Å². The molecule has 0 bridgehead atoms. The number of hydrogen-bond acceptors (Lipinski definition) is 4. The summed E-state index contributed by atoms with van der Waals surface area (Å²) in [5.41, 5.74) is 0.692. The second kappa shape index (κ2) is 9.97. The van der Waals surface area contributed by atoms with E-state index in [1.54, 1.807) is 13.8 Å². The van der Waals surface area contributed by atoms with Crippen molar-refractivity contribution in [2.45, 2.75) is 50.9 Å². The summed E-state index contributed by atoms with van der Waals surface area (Å²) < 4.78 is 45.0. The molecule has 0 radical (unpaired) electrons. The van der Waals surface area contributed by atoms with Crippen LogP contribution in [0.5, 0.6) is 0 Å². The minimum Gasteiger partial charge on any atom is -0.479 e. The van der Waals surface area contributed by atoms with Gasteiger partial charge in [0.2, 0.25) is 11.4 Å². The Morgan fingerprint density at radius 3 is 1.97 bits per heavy atom. The standard InChI is InChI=1S/C25H27F3N2O5/c1-14(2)20(12-21(31)30-24(3,22(32)33)25(26,27)28)29-23(34)35-13-19-17-10-6-4-8-15(17)16-9-5-7-11-18(16)19/h4-11,14,19-20H,12-13H2,1-3H3,(H,29,34)(H,30,31)(H,32,33). The first-order valence-corrected chi connectivity index (χ1v) is 11.1. The van der Waals surface area contributed by atoms with Crippen molar-refractivity contribution in [1.29, 1.82) is 0 Å². The van der Waals surface area contributed by atoms with Gasteiger partial charge >= 0.3 is 18.2 Å². The minimum absolute atomic E-state index is 0.0298. The van der Waals surface area contributed by atoms with Crippen LogP contribution in [0, 0.1) is 5.92 Å². The van der Waals surface area contributed by atoms with E-state index in [1.165, 1.54) is 5.32 Å². The van der Waals surface area contributed by atoms with Crippen molar-refractivity contribution in [3.05, 3.63) is 59.7 Å². The van der Waals surface area contributed by atoms with Crippen molar-refractivity contribution in [2.75, 3.05) is 6.61 Å². The van der Waals surface area contributed by atoms with Crippen molar-refractivity contribution in [3.8, 4) is 11.1 Å². The summed E-state index contributed by atoms with van der Waals surface area (Å²) in [6, 6.07) is 14.7. The van der Waals surface area contributed by atoms with E-state index < -0.39 is 42.1 Å². The lowest BCUT2D eigenvalue weighted by Gasteiger charge is -2.30. The predicted octanol–water partition coefficient (Wildman–Crippen LogP) is 4.46. The second-order valence-corrected chi connectivity index (χ2v) is 9.00. The van der Waals surface area contributed by atoms with Crippen molar-refractivity contribution < 1.29 is 37.4 Å². The van der Waals surface area contributed by atoms with Crippen LogP contribution >= 0.6 is 0 Å². The number of aliphatic carboxylic acids is 1. The first-order chi connectivity index (χ1) is 16.3. The molecule has 0 aromatic heterocycles. The highest BCUT2D eigenvalue weighted by molar-refractivity contribution is 5.88. The van der Waals surface area contributed by atoms with Gasteiger partial charge in [0.1, 0.15) is 6.61 Å². The number of carbonyl (C=O) groups is 3. The van der Waals surface area contributed by atoms with Gasteiger partial charge in [0.25, 0.3) is 0 Å². The fourth-order valence-electron chi connectivity index (χ4n) is 4.02. The van der Waals surface area contributed by atoms with Crippen LogP contribution in [-0.4, -0.2) is 47.4 Å². The molecule has 0 fully saturated rings. The molecule has 0 aliphatic heterocycles. The molecule has 10 heteroatoms. The zero-order valence-electron chi connectivity index (χ0n) is 19.5. The molecule has 2 amide bonds. The molecule has 0 spiro atoms. The second-order valence-electron chi connectivity index (χ2n) is 9.00. The van der Waals surface area contributed by atoms with Gasteiger partial charge in [0.15, 0.2) is 0 Å². The summed E-state index contributed by atoms with van der Waals surface area (Å²) in [5.74, 6) is -3.92. The van der Waals surface area contributed by atoms with Gasteiger partial charge in [-0.1, -0.05) is 62.4 Å². The van der Waals surface area contributed by atoms with Crippen molar-refractivity contribution in [1.82, 2.24) is 10.6 Å². The van der Waals surface area contributed by atoms with Gasteiger partial charge in [0.05, 0.1) is 0 Å². The highest BCUT2D eigenvalue weighted by Gasteiger charge is 2.58. The zero-order valence-corrected chi connectivity index (χ0v) is 19.5. The van der Waals surface area contributed by atoms with Crippen molar-refractivity contribution in [3.63, 3.8) is 0 Å². The number of amides is 2. The number of alkyl halides is 3. The molecule has 2 aromatic rings. The van der Waals surface area contributed by atoms with E-state index in [0.29, 0.717) is 6.92 Å². The number of carboxylic acids is 1. The molecule has 2 atom stereocenters. The number of carbonyl (C=O) groups excluding carboxylic acids is 2. The van der Waals surface area contributed by atoms with Crippen LogP contribution in [0.3, 0.4) is 0 Å². The summed E-state index contributed by atoms with van der Waals surface area (Å²) in [5, 5.41) is 13.1. The van der Waals surface area contributed by atoms with Crippen molar-refractivity contribution in [2.24, 2.45) is 5.92 Å². The number of nitrogens with one attached hydrogen (secondary N) is 2. The fraction of sp³-hybridized carbons (Fsp3) is 0.400. The summed E-state index contributed by atoms with van der Waals surface area (Å²) in [6.45, 7) is 3.74. The number of hydrogen-bond donors (Lipinski definition) is 3. The maximum atomic E-state index is 13.2. The molecule has 1 aliphatic rings. The number of halogens is 3. The summed E-state index contributed by atoms with van der Waals surface area (Å²) >= 11 is 0. The van der Waals surface area contributed by atoms with Gasteiger partial charge in [-0.2, -0.15) is 13.2 Å². The van der Waals surface area contributed by atoms with E-state index in [1.807, 2.05) is 48.5 Å². The number of ether oxygens (including phenoxy) is 1. The van der Waals surface area contributed by atoms with Crippen molar-refractivity contribution >= 4 is 18.0 Å². The predicted molar refractivity (Wildman–Crippen MR) is 122 cm³/mol. The lowest BCUT2D eigenvalue weighted by Crippen LogP contribution is -2.62. The number of carboxylic acid groups (broad SMARTS) is 1. The maximum absolute atomic E-state index is 13.2. The molecule has 3 N–H and O–H groups in total. The highest BCUT2D eigenvalue weighted by atomic mass is 19.4. The Morgan fingerprint density at radius 2 is 1.51 bits per heavy atom. The fourth-order valence-corrected chi connectivity index (χ4v) is 4.02. The molecule has 7 nitrogen and oxygen atoms in total. The average molecular weight is 492 g/mol. The highest BCUT2D eigenvalue weighted by Crippen LogP contribution is 2.44. The smallest absolute Gasteiger partial charge is 0.422 e. The number of alkyl carbamates (subject to hydrolysis) is 1. The van der Waals surface area contributed by atoms with E-state index >= 15 is 0 Å². The quantitative estimate of drug-likeness (QED) is 0.505. The number of benzene rings is 2. The van der Waals surface area contributed by atoms with Gasteiger partial charge in [-0.05, 0) is 35.1 Å². The van der Waals surface area contributed by atoms with E-state index in [4.69, 9.17) is 9.84 Å². The summed E-state index contributed by atoms with van der Waals surface area (Å²) in [6.07, 6.45) is -6.58. The third kappa shape index (κ3) is 5.41. The summed E-state index contributed by atoms with van der Waals surface area (Å²) in [4.78, 5) is 36.0. The lowest BCUT2D eigenvalue weighted by molar-refractivity contribution is -0.207. The normalized spacial score (nSPS) is 15.5. The molecule has 2 aromatic carbocycles. The molecule has 2 unspecified atom stereocenters. The van der Waals surface area contributed by atoms with Crippen LogP contribution in [0.25, 0.3) is 11.1 Å². The molecular weight excluding hydrogens is 465 g/mol. The number of rotatable bonds is 8. The number of fused-ring (bicyclic) bond motifs is 3. The molecule has 0 heterocycles. The molecule has 188 valence electrons. The van der Waals surface area contributed by atoms with E-state index in [9.17, 15) is 27.6 Å². The zero-order chi connectivity index (χ0) is 26.0. The molecule has 3 rings (SSSR count). The maximum Gasteiger partial charge on any atom is 0.422 e. The van der Waals surface area contributed by atoms with Crippen LogP contribution in [0.4, 0.5) is 18.0 Å². The monoisotopic (exact) mass is 492 g/mol. The molecular formula is C25H27F3N2O5. The lowest BCUT2D eigenvalue weighted by atomic mass is 9.98. The largest absolute Gasteiger partial charge is 0.479 e. The Labute approximate surface area is 200 Å². The van der Waals surface area contributed by atoms with Gasteiger partial charge in [-0.15, -0.1) is 0 Å². The molecule has 0 saturated heterocycles. The van der Waals surface area contributed by atoms with Gasteiger partial charge in [-0.3, -0.25) is 4.79 Å².